The van der Waals surface area contributed by atoms with Crippen LogP contribution in [0, 0.1) is 0 Å². The van der Waals surface area contributed by atoms with Crippen LogP contribution in [0.4, 0.5) is 34.1 Å². The molecule has 2 aliphatic heterocycles. The molecule has 0 spiro atoms. The maximum Gasteiger partial charge on any atom is 0.252 e. The van der Waals surface area contributed by atoms with Crippen molar-refractivity contribution in [2.24, 2.45) is 0 Å². The quantitative estimate of drug-likeness (QED) is 0.106. The summed E-state index contributed by atoms with van der Waals surface area (Å²) < 4.78 is 0. The summed E-state index contributed by atoms with van der Waals surface area (Å²) in [6.07, 6.45) is 0. The molecule has 2 heterocycles. The Bertz CT molecular complexity index is 4920. The van der Waals surface area contributed by atoms with Crippen molar-refractivity contribution in [3.05, 3.63) is 382 Å². The maximum atomic E-state index is 2.55. The van der Waals surface area contributed by atoms with E-state index in [-0.39, 0.29) is 6.71 Å². The molecule has 0 fully saturated rings. The zero-order valence-electron chi connectivity index (χ0n) is 53.8. The number of benzene rings is 15. The molecule has 0 saturated heterocycles. The fraction of sp³-hybridized carbons (Fsp3) is 0.0217. The molecule has 15 aromatic rings. The number of para-hydroxylation sites is 2. The molecule has 0 amide bonds. The highest BCUT2D eigenvalue weighted by Gasteiger charge is 2.44. The summed E-state index contributed by atoms with van der Waals surface area (Å²) >= 11 is 0. The van der Waals surface area contributed by atoms with Crippen LogP contribution in [0.25, 0.3) is 77.9 Å². The van der Waals surface area contributed by atoms with Crippen molar-refractivity contribution in [2.45, 2.75) is 33.4 Å². The number of hydrogen-bond donors (Lipinski definition) is 0. The second-order valence-corrected chi connectivity index (χ2v) is 27.4. The van der Waals surface area contributed by atoms with Crippen molar-refractivity contribution >= 4 is 67.3 Å². The SMILES string of the molecule is CC.c1ccc(-c2cccc(-c3ccccc3-c3ccc4c(c3)B3c5cc(-c6ccccc6-c6cccc(-c7ccccc7)c6)ccc5N(c5ccccc5)c5cc(-c6cccc(S(c7ccccc7)(c7ccccc7)c7ccccc7)c6)cc(c53)N4c3ccccc3)c2)cc1. The zero-order valence-corrected chi connectivity index (χ0v) is 54.6. The monoisotopic (exact) mass is 1240 g/mol. The van der Waals surface area contributed by atoms with Gasteiger partial charge in [-0.2, -0.15) is 0 Å². The number of rotatable bonds is 13. The summed E-state index contributed by atoms with van der Waals surface area (Å²) in [4.78, 5) is 10.2. The Morgan fingerprint density at radius 3 is 0.885 bits per heavy atom. The van der Waals surface area contributed by atoms with Gasteiger partial charge in [0, 0.05) is 53.7 Å². The first-order chi connectivity index (χ1) is 47.6. The molecule has 0 aliphatic carbocycles. The van der Waals surface area contributed by atoms with Gasteiger partial charge in [-0.25, -0.2) is 0 Å². The third kappa shape index (κ3) is 10.6. The highest BCUT2D eigenvalue weighted by Crippen LogP contribution is 2.73. The van der Waals surface area contributed by atoms with Gasteiger partial charge in [-0.05, 0) is 203 Å². The van der Waals surface area contributed by atoms with E-state index in [1.165, 1.54) is 103 Å². The largest absolute Gasteiger partial charge is 0.311 e. The third-order valence-electron chi connectivity index (χ3n) is 18.9. The Hall–Kier alpha value is -11.7. The first-order valence-electron chi connectivity index (χ1n) is 33.4. The highest BCUT2D eigenvalue weighted by atomic mass is 32.3. The van der Waals surface area contributed by atoms with Crippen LogP contribution in [0.5, 0.6) is 0 Å². The minimum absolute atomic E-state index is 0.191. The van der Waals surface area contributed by atoms with Crippen LogP contribution >= 0.6 is 10.0 Å². The van der Waals surface area contributed by atoms with Gasteiger partial charge in [0.25, 0.3) is 6.71 Å². The molecule has 96 heavy (non-hydrogen) atoms. The lowest BCUT2D eigenvalue weighted by Gasteiger charge is -2.45. The second kappa shape index (κ2) is 26.0. The van der Waals surface area contributed by atoms with E-state index in [0.29, 0.717) is 0 Å². The van der Waals surface area contributed by atoms with Gasteiger partial charge in [0.05, 0.1) is 0 Å². The van der Waals surface area contributed by atoms with Crippen LogP contribution in [0.1, 0.15) is 13.8 Å². The predicted octanol–water partition coefficient (Wildman–Crippen LogP) is 23.8. The van der Waals surface area contributed by atoms with E-state index in [1.54, 1.807) is 0 Å². The van der Waals surface area contributed by atoms with Crippen molar-refractivity contribution in [1.82, 2.24) is 0 Å². The Balaban J connectivity index is 0.00000359. The molecule has 456 valence electrons. The van der Waals surface area contributed by atoms with Crippen molar-refractivity contribution in [3.8, 4) is 77.9 Å². The van der Waals surface area contributed by atoms with Crippen LogP contribution in [0.3, 0.4) is 0 Å². The number of anilines is 6. The van der Waals surface area contributed by atoms with Gasteiger partial charge < -0.3 is 9.80 Å². The van der Waals surface area contributed by atoms with Gasteiger partial charge in [0.2, 0.25) is 0 Å². The highest BCUT2D eigenvalue weighted by molar-refractivity contribution is 8.34. The number of hydrogen-bond acceptors (Lipinski definition) is 2. The molecule has 0 saturated carbocycles. The summed E-state index contributed by atoms with van der Waals surface area (Å²) in [7, 11) is -2.01. The van der Waals surface area contributed by atoms with Crippen molar-refractivity contribution in [1.29, 1.82) is 0 Å². The smallest absolute Gasteiger partial charge is 0.252 e. The lowest BCUT2D eigenvalue weighted by atomic mass is 9.33. The molecule has 0 radical (unpaired) electrons. The number of fused-ring (bicyclic) bond motifs is 4. The van der Waals surface area contributed by atoms with Crippen LogP contribution in [-0.2, 0) is 0 Å². The maximum absolute atomic E-state index is 2.55. The van der Waals surface area contributed by atoms with Gasteiger partial charge in [-0.3, -0.25) is 0 Å². The molecule has 2 nitrogen and oxygen atoms in total. The molecule has 17 rings (SSSR count). The molecule has 0 N–H and O–H groups in total. The van der Waals surface area contributed by atoms with E-state index >= 15 is 0 Å². The summed E-state index contributed by atoms with van der Waals surface area (Å²) in [6.45, 7) is 3.81. The molecule has 15 aromatic carbocycles. The fourth-order valence-corrected chi connectivity index (χ4v) is 18.7. The van der Waals surface area contributed by atoms with E-state index in [0.717, 1.165) is 45.3 Å². The molecular formula is C92H69BN2S. The van der Waals surface area contributed by atoms with Gasteiger partial charge in [0.1, 0.15) is 0 Å². The molecule has 0 unspecified atom stereocenters. The Morgan fingerprint density at radius 2 is 0.500 bits per heavy atom. The Kier molecular flexibility index (Phi) is 16.1. The molecule has 0 aromatic heterocycles. The van der Waals surface area contributed by atoms with Gasteiger partial charge in [-0.15, -0.1) is 10.0 Å². The average Bonchev–Trinajstić information content (AvgIpc) is 0.676. The minimum atomic E-state index is -2.01. The van der Waals surface area contributed by atoms with Crippen molar-refractivity contribution in [2.75, 3.05) is 9.80 Å². The summed E-state index contributed by atoms with van der Waals surface area (Å²) in [5.41, 5.74) is 27.1. The first kappa shape index (κ1) is 59.3. The molecular weight excluding hydrogens is 1180 g/mol. The third-order valence-corrected chi connectivity index (χ3v) is 22.8. The van der Waals surface area contributed by atoms with E-state index in [9.17, 15) is 0 Å². The Morgan fingerprint density at radius 1 is 0.208 bits per heavy atom. The molecule has 4 heteroatoms. The zero-order chi connectivity index (χ0) is 64.4. The van der Waals surface area contributed by atoms with Crippen molar-refractivity contribution < 1.29 is 0 Å². The topological polar surface area (TPSA) is 6.48 Å². The summed E-state index contributed by atoms with van der Waals surface area (Å²) in [5, 5.41) is 0. The van der Waals surface area contributed by atoms with Crippen LogP contribution in [-0.4, -0.2) is 6.71 Å². The van der Waals surface area contributed by atoms with E-state index < -0.39 is 10.0 Å². The lowest BCUT2D eigenvalue weighted by Crippen LogP contribution is -2.61. The molecule has 0 bridgehead atoms. The van der Waals surface area contributed by atoms with E-state index in [4.69, 9.17) is 0 Å². The summed E-state index contributed by atoms with van der Waals surface area (Å²) in [6, 6.07) is 142. The molecule has 0 atom stereocenters. The fourth-order valence-electron chi connectivity index (χ4n) is 14.7. The van der Waals surface area contributed by atoms with E-state index in [1.807, 2.05) is 13.8 Å². The minimum Gasteiger partial charge on any atom is -0.311 e. The van der Waals surface area contributed by atoms with Crippen LogP contribution in [0.2, 0.25) is 0 Å². The van der Waals surface area contributed by atoms with Gasteiger partial charge >= 0.3 is 0 Å². The Labute approximate surface area is 566 Å². The first-order valence-corrected chi connectivity index (χ1v) is 35.0. The average molecular weight is 1250 g/mol. The van der Waals surface area contributed by atoms with Gasteiger partial charge in [-0.1, -0.05) is 287 Å². The van der Waals surface area contributed by atoms with Crippen molar-refractivity contribution in [3.63, 3.8) is 0 Å². The molecule has 2 aliphatic rings. The van der Waals surface area contributed by atoms with Gasteiger partial charge in [0.15, 0.2) is 0 Å². The normalized spacial score (nSPS) is 12.2. The predicted molar refractivity (Wildman–Crippen MR) is 410 cm³/mol. The van der Waals surface area contributed by atoms with E-state index in [2.05, 4.69) is 392 Å². The standard InChI is InChI=1S/C90H63BN2S.C2H6/c1-8-29-64(30-9-1)66-33-26-36-69(57-66)80-49-22-24-51-82(80)71-53-55-86-84(60-71)91-85-61-72(83-52-25-23-50-81(83)70-37-27-34-67(58-70)65-31-10-2-11-32-65)54-56-87(85)93(75-40-14-4-15-41-75)89-63-73(62-88(90(89)91)92(86)74-38-12-3-13-39-74)68-35-28-48-79(59-68)94(76-42-16-5-17-43-76,77-44-18-6-19-45-77)78-46-20-7-21-47-78;1-2/h1-63H;1-2H3. The second-order valence-electron chi connectivity index (χ2n) is 24.3. The lowest BCUT2D eigenvalue weighted by molar-refractivity contribution is 1.24. The number of nitrogens with zero attached hydrogens (tertiary/aromatic N) is 2. The van der Waals surface area contributed by atoms with Crippen LogP contribution in [0.15, 0.2) is 402 Å². The summed E-state index contributed by atoms with van der Waals surface area (Å²) in [5.74, 6) is 0. The van der Waals surface area contributed by atoms with Crippen LogP contribution < -0.4 is 26.2 Å².